The predicted octanol–water partition coefficient (Wildman–Crippen LogP) is 2.69. The minimum atomic E-state index is -1.30. The summed E-state index contributed by atoms with van der Waals surface area (Å²) in [6.45, 7) is 0.189. The first-order valence-electron chi connectivity index (χ1n) is 7.89. The summed E-state index contributed by atoms with van der Waals surface area (Å²) in [6.07, 6.45) is 0. The van der Waals surface area contributed by atoms with E-state index in [-0.39, 0.29) is 23.6 Å². The van der Waals surface area contributed by atoms with Crippen molar-refractivity contribution in [3.05, 3.63) is 47.4 Å². The Morgan fingerprint density at radius 1 is 1.19 bits per heavy atom. The van der Waals surface area contributed by atoms with Crippen LogP contribution in [0.15, 0.2) is 30.3 Å². The number of aromatic carboxylic acids is 1. The van der Waals surface area contributed by atoms with Crippen LogP contribution in [-0.4, -0.2) is 35.5 Å². The number of carboxylic acids is 1. The van der Waals surface area contributed by atoms with Crippen molar-refractivity contribution in [3.8, 4) is 11.5 Å². The molecular formula is C18H17FN4O4. The van der Waals surface area contributed by atoms with E-state index in [1.54, 1.807) is 18.2 Å². The second-order valence-electron chi connectivity index (χ2n) is 5.60. The number of nitrogens with one attached hydrogen (secondary N) is 1. The standard InChI is InChI=1S/C18H17FN4O4/c1-26-14-6-10-13(7-15(14)27-2)22-23-17(18(24)25)16(10)21-12-4-3-9(8-20)5-11(12)19/h3-7H,8,20H2,1-2H3,(H,21,22)(H,24,25). The van der Waals surface area contributed by atoms with Gasteiger partial charge in [0.25, 0.3) is 0 Å². The van der Waals surface area contributed by atoms with Crippen molar-refractivity contribution < 1.29 is 23.8 Å². The first kappa shape index (κ1) is 18.3. The molecule has 0 saturated heterocycles. The van der Waals surface area contributed by atoms with E-state index in [4.69, 9.17) is 15.2 Å². The molecule has 0 radical (unpaired) electrons. The molecule has 0 unspecified atom stereocenters. The lowest BCUT2D eigenvalue weighted by Crippen LogP contribution is -2.09. The number of hydrogen-bond donors (Lipinski definition) is 3. The Kier molecular flexibility index (Phi) is 5.04. The highest BCUT2D eigenvalue weighted by molar-refractivity contribution is 6.04. The maximum atomic E-state index is 14.4. The van der Waals surface area contributed by atoms with Gasteiger partial charge in [-0.2, -0.15) is 0 Å². The van der Waals surface area contributed by atoms with Gasteiger partial charge in [0.2, 0.25) is 0 Å². The molecule has 0 aliphatic carbocycles. The molecule has 0 spiro atoms. The highest BCUT2D eigenvalue weighted by Gasteiger charge is 2.20. The first-order chi connectivity index (χ1) is 13.0. The quantitative estimate of drug-likeness (QED) is 0.604. The maximum Gasteiger partial charge on any atom is 0.358 e. The Hall–Kier alpha value is -3.46. The van der Waals surface area contributed by atoms with E-state index in [0.29, 0.717) is 28.0 Å². The Morgan fingerprint density at radius 3 is 2.48 bits per heavy atom. The van der Waals surface area contributed by atoms with Gasteiger partial charge in [-0.25, -0.2) is 9.18 Å². The van der Waals surface area contributed by atoms with Crippen molar-refractivity contribution in [1.82, 2.24) is 10.2 Å². The van der Waals surface area contributed by atoms with Crippen LogP contribution in [0.4, 0.5) is 15.8 Å². The van der Waals surface area contributed by atoms with Crippen LogP contribution in [0.25, 0.3) is 10.9 Å². The van der Waals surface area contributed by atoms with Crippen molar-refractivity contribution in [2.24, 2.45) is 5.73 Å². The van der Waals surface area contributed by atoms with Gasteiger partial charge < -0.3 is 25.6 Å². The molecule has 1 heterocycles. The van der Waals surface area contributed by atoms with E-state index in [2.05, 4.69) is 15.5 Å². The lowest BCUT2D eigenvalue weighted by atomic mass is 10.1. The number of hydrogen-bond acceptors (Lipinski definition) is 7. The molecule has 3 rings (SSSR count). The molecule has 27 heavy (non-hydrogen) atoms. The molecule has 9 heteroatoms. The molecule has 0 atom stereocenters. The maximum absolute atomic E-state index is 14.4. The van der Waals surface area contributed by atoms with Crippen LogP contribution in [-0.2, 0) is 6.54 Å². The molecule has 4 N–H and O–H groups in total. The molecule has 0 aliphatic heterocycles. The number of aromatic nitrogens is 2. The van der Waals surface area contributed by atoms with Gasteiger partial charge in [0, 0.05) is 18.0 Å². The summed E-state index contributed by atoms with van der Waals surface area (Å²) in [4.78, 5) is 11.6. The largest absolute Gasteiger partial charge is 0.493 e. The van der Waals surface area contributed by atoms with Crippen molar-refractivity contribution in [2.45, 2.75) is 6.54 Å². The monoisotopic (exact) mass is 372 g/mol. The van der Waals surface area contributed by atoms with Crippen molar-refractivity contribution >= 4 is 28.2 Å². The highest BCUT2D eigenvalue weighted by atomic mass is 19.1. The van der Waals surface area contributed by atoms with Crippen LogP contribution >= 0.6 is 0 Å². The average Bonchev–Trinajstić information content (AvgIpc) is 2.68. The molecule has 0 amide bonds. The summed E-state index contributed by atoms with van der Waals surface area (Å²) in [5.41, 5.74) is 6.30. The number of fused-ring (bicyclic) bond motifs is 1. The Morgan fingerprint density at radius 2 is 1.89 bits per heavy atom. The molecule has 0 aliphatic rings. The van der Waals surface area contributed by atoms with Gasteiger partial charge in [0.1, 0.15) is 5.82 Å². The van der Waals surface area contributed by atoms with Gasteiger partial charge >= 0.3 is 5.97 Å². The van der Waals surface area contributed by atoms with Gasteiger partial charge in [0.05, 0.1) is 31.1 Å². The van der Waals surface area contributed by atoms with Gasteiger partial charge in [-0.1, -0.05) is 6.07 Å². The second kappa shape index (κ2) is 7.42. The lowest BCUT2D eigenvalue weighted by molar-refractivity contribution is 0.0690. The summed E-state index contributed by atoms with van der Waals surface area (Å²) < 4.78 is 24.9. The zero-order valence-electron chi connectivity index (χ0n) is 14.6. The number of nitrogens with zero attached hydrogens (tertiary/aromatic N) is 2. The SMILES string of the molecule is COc1cc2nnc(C(=O)O)c(Nc3ccc(CN)cc3F)c2cc1OC. The number of carboxylic acid groups (broad SMARTS) is 1. The summed E-state index contributed by atoms with van der Waals surface area (Å²) in [5.74, 6) is -1.09. The van der Waals surface area contributed by atoms with E-state index >= 15 is 0 Å². The third-order valence-electron chi connectivity index (χ3n) is 4.00. The Labute approximate surface area is 153 Å². The van der Waals surface area contributed by atoms with Gasteiger partial charge in [-0.05, 0) is 23.8 Å². The van der Waals surface area contributed by atoms with Crippen LogP contribution < -0.4 is 20.5 Å². The Bertz CT molecular complexity index is 1030. The third-order valence-corrected chi connectivity index (χ3v) is 4.00. The number of carbonyl (C=O) groups is 1. The van der Waals surface area contributed by atoms with E-state index < -0.39 is 11.8 Å². The topological polar surface area (TPSA) is 120 Å². The molecule has 0 saturated carbocycles. The first-order valence-corrected chi connectivity index (χ1v) is 7.89. The number of methoxy groups -OCH3 is 2. The van der Waals surface area contributed by atoms with Gasteiger partial charge in [-0.15, -0.1) is 10.2 Å². The fraction of sp³-hybridized carbons (Fsp3) is 0.167. The van der Waals surface area contributed by atoms with Crippen LogP contribution in [0.2, 0.25) is 0 Å². The molecule has 0 bridgehead atoms. The fourth-order valence-corrected chi connectivity index (χ4v) is 2.63. The molecule has 2 aromatic carbocycles. The number of nitrogens with two attached hydrogens (primary N) is 1. The van der Waals surface area contributed by atoms with E-state index in [0.717, 1.165) is 0 Å². The number of halogens is 1. The van der Waals surface area contributed by atoms with Crippen LogP contribution in [0.5, 0.6) is 11.5 Å². The van der Waals surface area contributed by atoms with E-state index in [9.17, 15) is 14.3 Å². The summed E-state index contributed by atoms with van der Waals surface area (Å²) in [6, 6.07) is 7.53. The third kappa shape index (κ3) is 3.44. The number of benzene rings is 2. The predicted molar refractivity (Wildman–Crippen MR) is 97.2 cm³/mol. The minimum absolute atomic E-state index is 0.0822. The fourth-order valence-electron chi connectivity index (χ4n) is 2.63. The van der Waals surface area contributed by atoms with Gasteiger partial charge in [-0.3, -0.25) is 0 Å². The van der Waals surface area contributed by atoms with Crippen molar-refractivity contribution in [1.29, 1.82) is 0 Å². The zero-order valence-corrected chi connectivity index (χ0v) is 14.6. The summed E-state index contributed by atoms with van der Waals surface area (Å²) in [5, 5.41) is 20.3. The molecule has 1 aromatic heterocycles. The summed E-state index contributed by atoms with van der Waals surface area (Å²) in [7, 11) is 2.92. The zero-order chi connectivity index (χ0) is 19.6. The number of ether oxygens (including phenoxy) is 2. The molecule has 8 nitrogen and oxygen atoms in total. The summed E-state index contributed by atoms with van der Waals surface area (Å²) >= 11 is 0. The number of rotatable bonds is 6. The second-order valence-corrected chi connectivity index (χ2v) is 5.60. The molecule has 3 aromatic rings. The van der Waals surface area contributed by atoms with Crippen LogP contribution in [0, 0.1) is 5.82 Å². The van der Waals surface area contributed by atoms with Gasteiger partial charge in [0.15, 0.2) is 17.2 Å². The van der Waals surface area contributed by atoms with E-state index in [1.165, 1.54) is 26.4 Å². The van der Waals surface area contributed by atoms with Crippen LogP contribution in [0.1, 0.15) is 16.1 Å². The smallest absolute Gasteiger partial charge is 0.358 e. The normalized spacial score (nSPS) is 10.7. The highest BCUT2D eigenvalue weighted by Crippen LogP contribution is 2.36. The average molecular weight is 372 g/mol. The van der Waals surface area contributed by atoms with E-state index in [1.807, 2.05) is 0 Å². The minimum Gasteiger partial charge on any atom is -0.493 e. The lowest BCUT2D eigenvalue weighted by Gasteiger charge is -2.15. The number of anilines is 2. The molecular weight excluding hydrogens is 355 g/mol. The van der Waals surface area contributed by atoms with Crippen molar-refractivity contribution in [3.63, 3.8) is 0 Å². The Balaban J connectivity index is 2.22. The molecule has 140 valence electrons. The molecule has 0 fully saturated rings. The van der Waals surface area contributed by atoms with Crippen molar-refractivity contribution in [2.75, 3.05) is 19.5 Å². The van der Waals surface area contributed by atoms with Crippen LogP contribution in [0.3, 0.4) is 0 Å².